The lowest BCUT2D eigenvalue weighted by Crippen LogP contribution is -2.44. The maximum absolute atomic E-state index is 13.0. The molecule has 0 spiro atoms. The number of nitrogens with zero attached hydrogens (tertiary/aromatic N) is 1. The van der Waals surface area contributed by atoms with Crippen molar-refractivity contribution in [2.75, 3.05) is 20.8 Å². The Labute approximate surface area is 181 Å². The van der Waals surface area contributed by atoms with Gasteiger partial charge in [0.15, 0.2) is 11.5 Å². The Morgan fingerprint density at radius 3 is 2.30 bits per heavy atom. The van der Waals surface area contributed by atoms with Gasteiger partial charge in [-0.15, -0.1) is 0 Å². The first-order valence-corrected chi connectivity index (χ1v) is 11.0. The molecular formula is C26H35NO3. The lowest BCUT2D eigenvalue weighted by molar-refractivity contribution is -0.133. The standard InChI is InChI=1S/C26H35NO3/c1-18(2)14-20-6-8-21(9-7-20)16-26(28)27-13-12-23(15-19(27)3)22-10-11-24(29-4)25(17-22)30-5/h6-11,17-19,23H,12-16H2,1-5H3. The van der Waals surface area contributed by atoms with Gasteiger partial charge in [0.2, 0.25) is 5.91 Å². The van der Waals surface area contributed by atoms with Gasteiger partial charge in [-0.1, -0.05) is 44.2 Å². The molecule has 162 valence electrons. The predicted molar refractivity (Wildman–Crippen MR) is 121 cm³/mol. The molecule has 1 amide bonds. The molecule has 3 rings (SSSR count). The summed E-state index contributed by atoms with van der Waals surface area (Å²) in [5.74, 6) is 2.82. The molecule has 2 unspecified atom stereocenters. The largest absolute Gasteiger partial charge is 0.493 e. The van der Waals surface area contributed by atoms with Crippen LogP contribution < -0.4 is 9.47 Å². The van der Waals surface area contributed by atoms with E-state index < -0.39 is 0 Å². The number of ether oxygens (including phenoxy) is 2. The molecule has 0 aliphatic carbocycles. The molecule has 4 heteroatoms. The average molecular weight is 410 g/mol. The molecule has 0 bridgehead atoms. The number of methoxy groups -OCH3 is 2. The fourth-order valence-corrected chi connectivity index (χ4v) is 4.49. The molecule has 0 N–H and O–H groups in total. The van der Waals surface area contributed by atoms with Crippen molar-refractivity contribution in [1.82, 2.24) is 4.90 Å². The Hall–Kier alpha value is -2.49. The van der Waals surface area contributed by atoms with Gasteiger partial charge in [-0.2, -0.15) is 0 Å². The summed E-state index contributed by atoms with van der Waals surface area (Å²) < 4.78 is 10.8. The Morgan fingerprint density at radius 2 is 1.70 bits per heavy atom. The molecule has 1 aliphatic heterocycles. The minimum atomic E-state index is 0.226. The van der Waals surface area contributed by atoms with E-state index in [0.717, 1.165) is 42.9 Å². The van der Waals surface area contributed by atoms with Crippen LogP contribution in [0.5, 0.6) is 11.5 Å². The summed E-state index contributed by atoms with van der Waals surface area (Å²) in [5.41, 5.74) is 3.69. The first-order valence-electron chi connectivity index (χ1n) is 11.0. The number of hydrogen-bond donors (Lipinski definition) is 0. The highest BCUT2D eigenvalue weighted by Crippen LogP contribution is 2.36. The predicted octanol–water partition coefficient (Wildman–Crippen LogP) is 5.24. The van der Waals surface area contributed by atoms with Gasteiger partial charge in [0.05, 0.1) is 20.6 Å². The highest BCUT2D eigenvalue weighted by molar-refractivity contribution is 5.79. The Bertz CT molecular complexity index is 844. The molecule has 0 radical (unpaired) electrons. The van der Waals surface area contributed by atoms with Gasteiger partial charge in [-0.05, 0) is 66.8 Å². The van der Waals surface area contributed by atoms with Gasteiger partial charge in [0, 0.05) is 12.6 Å². The first-order chi connectivity index (χ1) is 14.4. The zero-order chi connectivity index (χ0) is 21.7. The summed E-state index contributed by atoms with van der Waals surface area (Å²) in [6.45, 7) is 7.41. The van der Waals surface area contributed by atoms with E-state index in [2.05, 4.69) is 62.1 Å². The second kappa shape index (κ2) is 10.0. The summed E-state index contributed by atoms with van der Waals surface area (Å²) in [7, 11) is 3.32. The van der Waals surface area contributed by atoms with Crippen LogP contribution in [-0.2, 0) is 17.6 Å². The van der Waals surface area contributed by atoms with E-state index >= 15 is 0 Å². The van der Waals surface area contributed by atoms with E-state index in [9.17, 15) is 4.79 Å². The number of carbonyl (C=O) groups is 1. The SMILES string of the molecule is COc1ccc(C2CCN(C(=O)Cc3ccc(CC(C)C)cc3)C(C)C2)cc1OC. The highest BCUT2D eigenvalue weighted by Gasteiger charge is 2.29. The van der Waals surface area contributed by atoms with Gasteiger partial charge >= 0.3 is 0 Å². The van der Waals surface area contributed by atoms with Crippen LogP contribution in [0.25, 0.3) is 0 Å². The molecule has 0 aromatic heterocycles. The van der Waals surface area contributed by atoms with Crippen LogP contribution >= 0.6 is 0 Å². The zero-order valence-electron chi connectivity index (χ0n) is 19.0. The summed E-state index contributed by atoms with van der Waals surface area (Å²) in [4.78, 5) is 15.0. The van der Waals surface area contributed by atoms with Crippen LogP contribution in [0.15, 0.2) is 42.5 Å². The Morgan fingerprint density at radius 1 is 1.03 bits per heavy atom. The molecule has 1 saturated heterocycles. The quantitative estimate of drug-likeness (QED) is 0.628. The van der Waals surface area contributed by atoms with Crippen molar-refractivity contribution < 1.29 is 14.3 Å². The van der Waals surface area contributed by atoms with Crippen molar-refractivity contribution in [3.63, 3.8) is 0 Å². The normalized spacial score (nSPS) is 19.1. The maximum atomic E-state index is 13.0. The van der Waals surface area contributed by atoms with Crippen LogP contribution in [0.3, 0.4) is 0 Å². The molecular weight excluding hydrogens is 374 g/mol. The third kappa shape index (κ3) is 5.35. The number of carbonyl (C=O) groups excluding carboxylic acids is 1. The van der Waals surface area contributed by atoms with Gasteiger partial charge < -0.3 is 14.4 Å². The fourth-order valence-electron chi connectivity index (χ4n) is 4.49. The second-order valence-electron chi connectivity index (χ2n) is 8.86. The first kappa shape index (κ1) is 22.2. The smallest absolute Gasteiger partial charge is 0.227 e. The van der Waals surface area contributed by atoms with Crippen molar-refractivity contribution in [2.24, 2.45) is 5.92 Å². The van der Waals surface area contributed by atoms with Crippen LogP contribution in [0.1, 0.15) is 56.2 Å². The van der Waals surface area contributed by atoms with Crippen LogP contribution in [0.2, 0.25) is 0 Å². The summed E-state index contributed by atoms with van der Waals surface area (Å²) in [6, 6.07) is 14.9. The van der Waals surface area contributed by atoms with E-state index in [1.807, 2.05) is 6.07 Å². The minimum absolute atomic E-state index is 0.226. The number of benzene rings is 2. The second-order valence-corrected chi connectivity index (χ2v) is 8.86. The molecule has 30 heavy (non-hydrogen) atoms. The molecule has 1 heterocycles. The van der Waals surface area contributed by atoms with Crippen LogP contribution in [-0.4, -0.2) is 37.6 Å². The van der Waals surface area contributed by atoms with Crippen molar-refractivity contribution in [3.8, 4) is 11.5 Å². The molecule has 0 saturated carbocycles. The average Bonchev–Trinajstić information content (AvgIpc) is 2.74. The molecule has 1 fully saturated rings. The monoisotopic (exact) mass is 409 g/mol. The maximum Gasteiger partial charge on any atom is 0.227 e. The molecule has 2 atom stereocenters. The Balaban J connectivity index is 1.60. The van der Waals surface area contributed by atoms with Crippen LogP contribution in [0.4, 0.5) is 0 Å². The summed E-state index contributed by atoms with van der Waals surface area (Å²) in [6.07, 6.45) is 3.50. The molecule has 2 aromatic rings. The van der Waals surface area contributed by atoms with E-state index in [4.69, 9.17) is 9.47 Å². The lowest BCUT2D eigenvalue weighted by Gasteiger charge is -2.38. The molecule has 2 aromatic carbocycles. The van der Waals surface area contributed by atoms with Crippen molar-refractivity contribution in [3.05, 3.63) is 59.2 Å². The van der Waals surface area contributed by atoms with E-state index in [0.29, 0.717) is 18.3 Å². The van der Waals surface area contributed by atoms with Gasteiger partial charge in [-0.3, -0.25) is 4.79 Å². The van der Waals surface area contributed by atoms with Gasteiger partial charge in [0.25, 0.3) is 0 Å². The van der Waals surface area contributed by atoms with Crippen molar-refractivity contribution in [2.45, 2.75) is 58.4 Å². The van der Waals surface area contributed by atoms with E-state index in [1.165, 1.54) is 11.1 Å². The third-order valence-corrected chi connectivity index (χ3v) is 6.10. The van der Waals surface area contributed by atoms with Gasteiger partial charge in [-0.25, -0.2) is 0 Å². The number of likely N-dealkylation sites (tertiary alicyclic amines) is 1. The zero-order valence-corrected chi connectivity index (χ0v) is 19.0. The van der Waals surface area contributed by atoms with Crippen LogP contribution in [0, 0.1) is 5.92 Å². The highest BCUT2D eigenvalue weighted by atomic mass is 16.5. The van der Waals surface area contributed by atoms with Crippen molar-refractivity contribution in [1.29, 1.82) is 0 Å². The number of amides is 1. The molecule has 1 aliphatic rings. The minimum Gasteiger partial charge on any atom is -0.493 e. The fraction of sp³-hybridized carbons (Fsp3) is 0.500. The Kier molecular flexibility index (Phi) is 7.41. The summed E-state index contributed by atoms with van der Waals surface area (Å²) in [5, 5.41) is 0. The van der Waals surface area contributed by atoms with Gasteiger partial charge in [0.1, 0.15) is 0 Å². The third-order valence-electron chi connectivity index (χ3n) is 6.10. The topological polar surface area (TPSA) is 38.8 Å². The van der Waals surface area contributed by atoms with E-state index in [-0.39, 0.29) is 11.9 Å². The van der Waals surface area contributed by atoms with E-state index in [1.54, 1.807) is 14.2 Å². The lowest BCUT2D eigenvalue weighted by atomic mass is 9.85. The van der Waals surface area contributed by atoms with Crippen molar-refractivity contribution >= 4 is 5.91 Å². The number of piperidine rings is 1. The molecule has 4 nitrogen and oxygen atoms in total. The summed E-state index contributed by atoms with van der Waals surface area (Å²) >= 11 is 0. The number of rotatable bonds is 7. The number of hydrogen-bond acceptors (Lipinski definition) is 3.